The summed E-state index contributed by atoms with van der Waals surface area (Å²) in [4.78, 5) is 57.6. The third-order valence-corrected chi connectivity index (χ3v) is 16.9. The summed E-state index contributed by atoms with van der Waals surface area (Å²) in [6.07, 6.45) is 0. The van der Waals surface area contributed by atoms with Crippen LogP contribution in [0.2, 0.25) is 0 Å². The fourth-order valence-electron chi connectivity index (χ4n) is 8.02. The molecule has 0 aliphatic heterocycles. The third-order valence-electron chi connectivity index (χ3n) is 11.8. The summed E-state index contributed by atoms with van der Waals surface area (Å²) in [6.45, 7) is 0. The van der Waals surface area contributed by atoms with Crippen LogP contribution in [0.5, 0.6) is 0 Å². The van der Waals surface area contributed by atoms with Crippen LogP contribution in [0.1, 0.15) is 41.4 Å². The fraction of sp³-hybridized carbons (Fsp3) is 0. The molecule has 8 aromatic carbocycles. The van der Waals surface area contributed by atoms with Gasteiger partial charge in [0.15, 0.2) is 0 Å². The van der Waals surface area contributed by atoms with Gasteiger partial charge in [0.05, 0.1) is 40.7 Å². The van der Waals surface area contributed by atoms with Gasteiger partial charge >= 0.3 is 183 Å². The van der Waals surface area contributed by atoms with Crippen molar-refractivity contribution in [2.75, 3.05) is 31.9 Å². The Morgan fingerprint density at radius 1 is 0.267 bits per heavy atom. The van der Waals surface area contributed by atoms with E-state index in [-0.39, 0.29) is 234 Å². The molecular weight excluding hydrogens is 1370 g/mol. The smallest absolute Gasteiger partial charge is 0.744 e. The Bertz CT molecular complexity index is 4560. The molecule has 0 bridgehead atoms. The first kappa shape index (κ1) is 83.0. The average molecular weight is 1400 g/mol. The number of hydrogen-bond acceptors (Lipinski definition) is 23. The van der Waals surface area contributed by atoms with Crippen molar-refractivity contribution in [3.8, 4) is 0 Å². The van der Waals surface area contributed by atoms with E-state index in [9.17, 15) is 102 Å². The Labute approximate surface area is 644 Å². The molecule has 0 unspecified atom stereocenters. The van der Waals surface area contributed by atoms with Crippen LogP contribution in [-0.4, -0.2) is 107 Å². The van der Waals surface area contributed by atoms with Crippen LogP contribution in [-0.2, 0) is 60.7 Å². The molecule has 0 radical (unpaired) electrons. The molecule has 41 heteroatoms. The Hall–Kier alpha value is -3.11. The number of fused-ring (bicyclic) bond motifs is 2. The number of rotatable bonds is 16. The molecule has 0 saturated carbocycles. The second-order valence-corrected chi connectivity index (χ2v) is 25.5. The second-order valence-electron chi connectivity index (χ2n) is 17.3. The van der Waals surface area contributed by atoms with Crippen LogP contribution >= 0.6 is 0 Å². The van der Waals surface area contributed by atoms with Crippen LogP contribution in [0.3, 0.4) is 0 Å². The summed E-state index contributed by atoms with van der Waals surface area (Å²) >= 11 is 0. The number of benzene rings is 8. The molecule has 8 aromatic rings. The molecule has 90 heavy (non-hydrogen) atoms. The summed E-state index contributed by atoms with van der Waals surface area (Å²) in [5.41, 5.74) is -0.499. The van der Waals surface area contributed by atoms with E-state index in [0.717, 1.165) is 12.1 Å². The molecule has 0 aromatic heterocycles. The first-order valence-corrected chi connectivity index (χ1v) is 31.1. The molecular formula is C49H30N6Na6O23S6. The van der Waals surface area contributed by atoms with Gasteiger partial charge in [-0.2, -0.15) is 0 Å². The maximum absolute atomic E-state index is 13.3. The van der Waals surface area contributed by atoms with Gasteiger partial charge in [-0.25, -0.2) is 55.3 Å². The van der Waals surface area contributed by atoms with Crippen molar-refractivity contribution in [2.24, 2.45) is 0 Å². The van der Waals surface area contributed by atoms with Crippen LogP contribution in [0, 0.1) is 0 Å². The van der Waals surface area contributed by atoms with Gasteiger partial charge < -0.3 is 59.2 Å². The van der Waals surface area contributed by atoms with Gasteiger partial charge in [-0.1, -0.05) is 0 Å². The van der Waals surface area contributed by atoms with Crippen LogP contribution in [0.25, 0.3) is 21.5 Å². The van der Waals surface area contributed by atoms with Gasteiger partial charge in [-0.15, -0.1) is 0 Å². The molecule has 0 aliphatic rings. The Morgan fingerprint density at radius 3 is 0.733 bits per heavy atom. The topological polar surface area (TPSA) is 501 Å². The predicted molar refractivity (Wildman–Crippen MR) is 286 cm³/mol. The van der Waals surface area contributed by atoms with E-state index in [4.69, 9.17) is 0 Å². The maximum atomic E-state index is 13.3. The van der Waals surface area contributed by atoms with Crippen molar-refractivity contribution in [1.29, 1.82) is 0 Å². The predicted octanol–water partition coefficient (Wildman–Crippen LogP) is -13.9. The molecule has 0 atom stereocenters. The maximum Gasteiger partial charge on any atom is 1.00 e. The van der Waals surface area contributed by atoms with Gasteiger partial charge in [-0.3, -0.25) is 19.2 Å². The normalized spacial score (nSPS) is 11.4. The van der Waals surface area contributed by atoms with E-state index in [1.54, 1.807) is 0 Å². The van der Waals surface area contributed by atoms with Crippen molar-refractivity contribution < 1.29 is 279 Å². The minimum absolute atomic E-state index is 0. The first-order valence-electron chi connectivity index (χ1n) is 22.7. The third kappa shape index (κ3) is 20.5. The van der Waals surface area contributed by atoms with E-state index >= 15 is 0 Å². The summed E-state index contributed by atoms with van der Waals surface area (Å²) in [5, 5.41) is 11.1. The zero-order valence-electron chi connectivity index (χ0n) is 47.2. The van der Waals surface area contributed by atoms with Crippen molar-refractivity contribution in [3.63, 3.8) is 0 Å². The van der Waals surface area contributed by atoms with E-state index in [1.165, 1.54) is 97.1 Å². The Kier molecular flexibility index (Phi) is 30.0. The number of nitrogens with one attached hydrogen (secondary N) is 6. The van der Waals surface area contributed by atoms with E-state index in [1.807, 2.05) is 0 Å². The van der Waals surface area contributed by atoms with Gasteiger partial charge in [-0.05, 0) is 146 Å². The molecule has 29 nitrogen and oxygen atoms in total. The Morgan fingerprint density at radius 2 is 0.500 bits per heavy atom. The van der Waals surface area contributed by atoms with Crippen molar-refractivity contribution in [3.05, 3.63) is 168 Å². The van der Waals surface area contributed by atoms with Crippen molar-refractivity contribution in [2.45, 2.75) is 29.4 Å². The second kappa shape index (κ2) is 32.6. The van der Waals surface area contributed by atoms with E-state index in [2.05, 4.69) is 31.9 Å². The molecule has 8 rings (SSSR count). The number of carbonyl (C=O) groups excluding carboxylic acids is 5. The number of urea groups is 1. The number of anilines is 6. The van der Waals surface area contributed by atoms with Crippen LogP contribution in [0.4, 0.5) is 38.9 Å². The zero-order valence-corrected chi connectivity index (χ0v) is 64.1. The summed E-state index contributed by atoms with van der Waals surface area (Å²) in [5.74, 6) is -3.32. The SMILES string of the molecule is O=C(Nc1ccc(C(=O)Nc2ccc(C(=O)Nc3ccc(S(=O)(=O)[O-])c4cc(S(=O)(=O)[O-])cc(S(=O)(=O)[O-])c34)cc2)cc1)Nc1ccc(C(=O)Nc2ccc(C(=O)Nc3ccc(S(=O)(=O)[O-])c4cc(S(=O)(=O)[O-])cc(S(=O)(=O)[O-])c34)cc2)cc1.[Na+].[Na+].[Na+].[Na+].[Na+].[Na+]. The number of carbonyl (C=O) groups is 5. The van der Waals surface area contributed by atoms with Gasteiger partial charge in [0.25, 0.3) is 23.6 Å². The first-order chi connectivity index (χ1) is 38.9. The molecule has 0 fully saturated rings. The number of amides is 6. The van der Waals surface area contributed by atoms with Crippen LogP contribution < -0.4 is 209 Å². The molecule has 0 heterocycles. The van der Waals surface area contributed by atoms with Gasteiger partial charge in [0, 0.05) is 66.5 Å². The molecule has 436 valence electrons. The van der Waals surface area contributed by atoms with Crippen molar-refractivity contribution in [1.82, 2.24) is 0 Å². The molecule has 0 saturated heterocycles. The largest absolute Gasteiger partial charge is 1.00 e. The minimum Gasteiger partial charge on any atom is -0.744 e. The van der Waals surface area contributed by atoms with Crippen LogP contribution in [0.15, 0.2) is 175 Å². The van der Waals surface area contributed by atoms with E-state index < -0.39 is 153 Å². The molecule has 0 aliphatic carbocycles. The van der Waals surface area contributed by atoms with E-state index in [0.29, 0.717) is 24.3 Å². The Balaban J connectivity index is 0.00000460. The zero-order chi connectivity index (χ0) is 61.6. The molecule has 6 amide bonds. The van der Waals surface area contributed by atoms with Crippen molar-refractivity contribution >= 4 is 146 Å². The minimum atomic E-state index is -5.70. The standard InChI is InChI=1S/C49H36N6O23S6.6Na/c56-45(50-29-9-1-27(2-10-29)47(58)54-37-17-19-39(81(67,68)69)35-21-33(79(61,62)63)23-41(43(35)37)83(73,74)75)25-5-13-31(14-6-25)52-49(60)53-32-15-7-26(8-16-32)46(57)51-30-11-3-28(4-12-30)48(59)55-38-18-20-40(82(70,71)72)36-22-34(80(64,65)66)24-42(44(36)38)84(76,77)78;;;;;;/h1-24H,(H,50,56)(H,51,57)(H,54,58)(H,55,59)(H2,52,53,60)(H,61,62,63)(H,64,65,66)(H,67,68,69)(H,70,71,72)(H,73,74,75)(H,76,77,78);;;;;;/q;6*+1/p-6. The van der Waals surface area contributed by atoms with Gasteiger partial charge in [0.2, 0.25) is 0 Å². The quantitative estimate of drug-likeness (QED) is 0.0386. The summed E-state index contributed by atoms with van der Waals surface area (Å²) < 4.78 is 216. The average Bonchev–Trinajstić information content (AvgIpc) is 0.759. The number of hydrogen-bond donors (Lipinski definition) is 6. The molecule has 6 N–H and O–H groups in total. The van der Waals surface area contributed by atoms with Gasteiger partial charge in [0.1, 0.15) is 60.7 Å². The summed E-state index contributed by atoms with van der Waals surface area (Å²) in [6, 6.07) is 23.9. The fourth-order valence-corrected chi connectivity index (χ4v) is 12.0. The molecule has 0 spiro atoms. The summed E-state index contributed by atoms with van der Waals surface area (Å²) in [7, 11) is -33.4. The monoisotopic (exact) mass is 1400 g/mol.